The lowest BCUT2D eigenvalue weighted by atomic mass is 10.2. The Morgan fingerprint density at radius 3 is 2.12 bits per heavy atom. The Morgan fingerprint density at radius 1 is 1.06 bits per heavy atom. The predicted molar refractivity (Wildman–Crippen MR) is 67.6 cm³/mol. The van der Waals surface area contributed by atoms with E-state index < -0.39 is 0 Å². The number of rotatable bonds is 5. The summed E-state index contributed by atoms with van der Waals surface area (Å²) in [7, 11) is 4.28. The molecule has 0 aromatic heterocycles. The zero-order chi connectivity index (χ0) is 11.6. The highest BCUT2D eigenvalue weighted by Crippen LogP contribution is 2.33. The van der Waals surface area contributed by atoms with Crippen molar-refractivity contribution in [1.29, 1.82) is 0 Å². The van der Waals surface area contributed by atoms with Crippen molar-refractivity contribution >= 4 is 0 Å². The smallest absolute Gasteiger partial charge is 0.0284 e. The summed E-state index contributed by atoms with van der Waals surface area (Å²) >= 11 is 0. The average molecular weight is 226 g/mol. The first-order valence-corrected chi connectivity index (χ1v) is 6.46. The van der Waals surface area contributed by atoms with E-state index in [1.165, 1.54) is 52.1 Å². The number of likely N-dealkylation sites (N-methyl/N-ethyl adjacent to an activating group) is 1. The molecule has 0 spiro atoms. The van der Waals surface area contributed by atoms with Crippen LogP contribution in [0.2, 0.25) is 0 Å². The van der Waals surface area contributed by atoms with Gasteiger partial charge >= 0.3 is 0 Å². The van der Waals surface area contributed by atoms with Gasteiger partial charge in [-0.2, -0.15) is 0 Å². The van der Waals surface area contributed by atoms with E-state index in [4.69, 9.17) is 5.73 Å². The summed E-state index contributed by atoms with van der Waals surface area (Å²) in [5.41, 5.74) is 6.33. The van der Waals surface area contributed by atoms with Gasteiger partial charge in [0.25, 0.3) is 0 Å². The van der Waals surface area contributed by atoms with Gasteiger partial charge in [0.05, 0.1) is 0 Å². The van der Waals surface area contributed by atoms with Crippen LogP contribution < -0.4 is 5.73 Å². The van der Waals surface area contributed by atoms with E-state index >= 15 is 0 Å². The maximum Gasteiger partial charge on any atom is 0.0284 e. The molecule has 2 fully saturated rings. The molecule has 4 heteroatoms. The molecule has 1 aliphatic heterocycles. The van der Waals surface area contributed by atoms with Crippen molar-refractivity contribution in [2.45, 2.75) is 18.4 Å². The third-order valence-electron chi connectivity index (χ3n) is 3.76. The molecule has 94 valence electrons. The topological polar surface area (TPSA) is 35.7 Å². The SMILES string of the molecule is CN(C)CCN1CCN(CC2(N)CC2)CC1. The molecule has 16 heavy (non-hydrogen) atoms. The molecule has 1 heterocycles. The predicted octanol–water partition coefficient (Wildman–Crippen LogP) is -0.343. The Labute approximate surface area is 99.4 Å². The second-order valence-electron chi connectivity index (χ2n) is 5.78. The van der Waals surface area contributed by atoms with Gasteiger partial charge in [-0.25, -0.2) is 0 Å². The standard InChI is InChI=1S/C12H26N4/c1-14(2)5-6-15-7-9-16(10-8-15)11-12(13)3-4-12/h3-11,13H2,1-2H3. The fourth-order valence-electron chi connectivity index (χ4n) is 2.28. The third-order valence-corrected chi connectivity index (χ3v) is 3.76. The van der Waals surface area contributed by atoms with Crippen LogP contribution in [0.1, 0.15) is 12.8 Å². The minimum absolute atomic E-state index is 0.186. The first-order chi connectivity index (χ1) is 7.57. The monoisotopic (exact) mass is 226 g/mol. The molecule has 0 aromatic carbocycles. The summed E-state index contributed by atoms with van der Waals surface area (Å²) in [6.07, 6.45) is 2.46. The lowest BCUT2D eigenvalue weighted by molar-refractivity contribution is 0.118. The number of nitrogens with zero attached hydrogens (tertiary/aromatic N) is 3. The van der Waals surface area contributed by atoms with Crippen molar-refractivity contribution in [3.63, 3.8) is 0 Å². The highest BCUT2D eigenvalue weighted by Gasteiger charge is 2.39. The molecule has 0 aromatic rings. The van der Waals surface area contributed by atoms with E-state index in [0.717, 1.165) is 6.54 Å². The van der Waals surface area contributed by atoms with Gasteiger partial charge in [-0.1, -0.05) is 0 Å². The van der Waals surface area contributed by atoms with Gasteiger partial charge in [0.15, 0.2) is 0 Å². The van der Waals surface area contributed by atoms with E-state index in [9.17, 15) is 0 Å². The van der Waals surface area contributed by atoms with E-state index in [1.807, 2.05) is 0 Å². The van der Waals surface area contributed by atoms with Crippen LogP contribution in [0.15, 0.2) is 0 Å². The van der Waals surface area contributed by atoms with E-state index in [2.05, 4.69) is 28.8 Å². The largest absolute Gasteiger partial charge is 0.324 e. The normalized spacial score (nSPS) is 26.2. The summed E-state index contributed by atoms with van der Waals surface area (Å²) in [5, 5.41) is 0. The molecule has 1 aliphatic carbocycles. The fourth-order valence-corrected chi connectivity index (χ4v) is 2.28. The summed E-state index contributed by atoms with van der Waals surface area (Å²) in [4.78, 5) is 7.36. The molecular weight excluding hydrogens is 200 g/mol. The van der Waals surface area contributed by atoms with Crippen molar-refractivity contribution < 1.29 is 0 Å². The van der Waals surface area contributed by atoms with Gasteiger partial charge in [-0.3, -0.25) is 9.80 Å². The van der Waals surface area contributed by atoms with Crippen molar-refractivity contribution in [2.24, 2.45) is 5.73 Å². The lowest BCUT2D eigenvalue weighted by Gasteiger charge is -2.36. The van der Waals surface area contributed by atoms with Gasteiger partial charge in [0.2, 0.25) is 0 Å². The summed E-state index contributed by atoms with van der Waals surface area (Å²) in [6.45, 7) is 8.32. The minimum Gasteiger partial charge on any atom is -0.324 e. The minimum atomic E-state index is 0.186. The first-order valence-electron chi connectivity index (χ1n) is 6.46. The van der Waals surface area contributed by atoms with Crippen molar-refractivity contribution in [1.82, 2.24) is 14.7 Å². The molecule has 2 aliphatic rings. The van der Waals surface area contributed by atoms with Crippen LogP contribution in [0.5, 0.6) is 0 Å². The van der Waals surface area contributed by atoms with Crippen LogP contribution in [0.4, 0.5) is 0 Å². The highest BCUT2D eigenvalue weighted by atomic mass is 15.3. The van der Waals surface area contributed by atoms with E-state index in [0.29, 0.717) is 0 Å². The van der Waals surface area contributed by atoms with Crippen LogP contribution in [-0.4, -0.2) is 80.1 Å². The molecule has 0 unspecified atom stereocenters. The molecule has 1 saturated carbocycles. The van der Waals surface area contributed by atoms with Crippen LogP contribution in [0, 0.1) is 0 Å². The van der Waals surface area contributed by atoms with Crippen LogP contribution >= 0.6 is 0 Å². The van der Waals surface area contributed by atoms with Gasteiger partial charge in [0, 0.05) is 51.4 Å². The third kappa shape index (κ3) is 3.70. The lowest BCUT2D eigenvalue weighted by Crippen LogP contribution is -2.51. The second kappa shape index (κ2) is 5.00. The molecule has 1 saturated heterocycles. The quantitative estimate of drug-likeness (QED) is 0.695. The number of hydrogen-bond acceptors (Lipinski definition) is 4. The molecule has 2 N–H and O–H groups in total. The maximum absolute atomic E-state index is 6.15. The molecule has 4 nitrogen and oxygen atoms in total. The van der Waals surface area contributed by atoms with Gasteiger partial charge in [-0.05, 0) is 26.9 Å². The van der Waals surface area contributed by atoms with Gasteiger partial charge < -0.3 is 10.6 Å². The Balaban J connectivity index is 1.62. The molecule has 0 amide bonds. The van der Waals surface area contributed by atoms with E-state index in [-0.39, 0.29) is 5.54 Å². The average Bonchev–Trinajstić information content (AvgIpc) is 2.95. The summed E-state index contributed by atoms with van der Waals surface area (Å²) in [6, 6.07) is 0. The molecule has 0 atom stereocenters. The van der Waals surface area contributed by atoms with Crippen molar-refractivity contribution in [3.8, 4) is 0 Å². The van der Waals surface area contributed by atoms with Crippen LogP contribution in [0.3, 0.4) is 0 Å². The summed E-state index contributed by atoms with van der Waals surface area (Å²) in [5.74, 6) is 0. The van der Waals surface area contributed by atoms with Gasteiger partial charge in [-0.15, -0.1) is 0 Å². The van der Waals surface area contributed by atoms with Crippen LogP contribution in [-0.2, 0) is 0 Å². The maximum atomic E-state index is 6.15. The van der Waals surface area contributed by atoms with Crippen molar-refractivity contribution in [2.75, 3.05) is 59.9 Å². The first kappa shape index (κ1) is 12.3. The highest BCUT2D eigenvalue weighted by molar-refractivity contribution is 5.01. The number of piperazine rings is 1. The van der Waals surface area contributed by atoms with Crippen molar-refractivity contribution in [3.05, 3.63) is 0 Å². The molecule has 2 rings (SSSR count). The Kier molecular flexibility index (Phi) is 3.85. The van der Waals surface area contributed by atoms with Gasteiger partial charge in [0.1, 0.15) is 0 Å². The number of nitrogens with two attached hydrogens (primary N) is 1. The Bertz CT molecular complexity index is 217. The van der Waals surface area contributed by atoms with E-state index in [1.54, 1.807) is 0 Å². The molecular formula is C12H26N4. The second-order valence-corrected chi connectivity index (χ2v) is 5.78. The molecule has 0 radical (unpaired) electrons. The Morgan fingerprint density at radius 2 is 1.62 bits per heavy atom. The summed E-state index contributed by atoms with van der Waals surface area (Å²) < 4.78 is 0. The zero-order valence-electron chi connectivity index (χ0n) is 10.8. The molecule has 0 bridgehead atoms. The zero-order valence-corrected chi connectivity index (χ0v) is 10.8. The Hall–Kier alpha value is -0.160. The fraction of sp³-hybridized carbons (Fsp3) is 1.00. The van der Waals surface area contributed by atoms with Crippen LogP contribution in [0.25, 0.3) is 0 Å². The number of hydrogen-bond donors (Lipinski definition) is 1.